The molecule has 0 saturated carbocycles. The normalized spacial score (nSPS) is 12.6. The number of halogens is 1. The number of nitrogens with one attached hydrogen (secondary N) is 1. The first-order chi connectivity index (χ1) is 18.7. The Morgan fingerprint density at radius 2 is 1.45 bits per heavy atom. The van der Waals surface area contributed by atoms with Crippen molar-refractivity contribution in [3.8, 4) is 0 Å². The molecule has 3 rings (SSSR count). The lowest BCUT2D eigenvalue weighted by molar-refractivity contribution is -0.140. The van der Waals surface area contributed by atoms with Gasteiger partial charge in [-0.25, -0.2) is 12.8 Å². The Morgan fingerprint density at radius 3 is 2.00 bits per heavy atom. The molecule has 3 aromatic rings. The van der Waals surface area contributed by atoms with Gasteiger partial charge in [0.1, 0.15) is 18.4 Å². The molecule has 0 aliphatic heterocycles. The van der Waals surface area contributed by atoms with E-state index in [0.717, 1.165) is 9.87 Å². The predicted octanol–water partition coefficient (Wildman–Crippen LogP) is 5.48. The van der Waals surface area contributed by atoms with Gasteiger partial charge in [0.05, 0.1) is 10.6 Å². The van der Waals surface area contributed by atoms with Crippen LogP contribution in [-0.2, 0) is 26.2 Å². The van der Waals surface area contributed by atoms with Crippen LogP contribution in [0.5, 0.6) is 0 Å². The first-order valence-electron chi connectivity index (χ1n) is 13.2. The van der Waals surface area contributed by atoms with Crippen LogP contribution in [-0.4, -0.2) is 43.3 Å². The van der Waals surface area contributed by atoms with Crippen molar-refractivity contribution in [2.24, 2.45) is 0 Å². The van der Waals surface area contributed by atoms with Crippen LogP contribution in [0, 0.1) is 5.82 Å². The molecule has 0 radical (unpaired) electrons. The first-order valence-corrected chi connectivity index (χ1v) is 14.7. The molecule has 0 aromatic heterocycles. The third kappa shape index (κ3) is 7.69. The maximum absolute atomic E-state index is 14.6. The standard InChI is InChI=1S/C31H38FN3O4S/c1-22(2)24-16-18-26(19-17-24)35(40(38,39)27-13-8-7-9-14-27)21-29(36)34(20-25-12-10-11-15-28(25)32)23(3)30(37)33-31(4,5)6/h7-19,22-23H,20-21H2,1-6H3,(H,33,37)/t23-/m0/s1. The number of benzene rings is 3. The molecule has 3 aromatic carbocycles. The summed E-state index contributed by atoms with van der Waals surface area (Å²) in [6.45, 7) is 10.3. The number of anilines is 1. The fourth-order valence-electron chi connectivity index (χ4n) is 4.14. The number of amides is 2. The Morgan fingerprint density at radius 1 is 0.875 bits per heavy atom. The van der Waals surface area contributed by atoms with Crippen LogP contribution in [0.4, 0.5) is 10.1 Å². The Labute approximate surface area is 237 Å². The number of hydrogen-bond donors (Lipinski definition) is 1. The molecule has 0 spiro atoms. The van der Waals surface area contributed by atoms with Crippen LogP contribution in [0.25, 0.3) is 0 Å². The highest BCUT2D eigenvalue weighted by Crippen LogP contribution is 2.27. The van der Waals surface area contributed by atoms with Crippen LogP contribution in [0.1, 0.15) is 58.6 Å². The summed E-state index contributed by atoms with van der Waals surface area (Å²) in [5.74, 6) is -1.38. The Kier molecular flexibility index (Phi) is 9.73. The van der Waals surface area contributed by atoms with E-state index in [0.29, 0.717) is 5.69 Å². The third-order valence-corrected chi connectivity index (χ3v) is 8.21. The van der Waals surface area contributed by atoms with Gasteiger partial charge in [-0.2, -0.15) is 0 Å². The Bertz CT molecular complexity index is 1420. The molecule has 0 heterocycles. The van der Waals surface area contributed by atoms with Crippen molar-refractivity contribution in [1.29, 1.82) is 0 Å². The lowest BCUT2D eigenvalue weighted by Gasteiger charge is -2.33. The summed E-state index contributed by atoms with van der Waals surface area (Å²) >= 11 is 0. The van der Waals surface area contributed by atoms with Crippen molar-refractivity contribution < 1.29 is 22.4 Å². The van der Waals surface area contributed by atoms with E-state index in [-0.39, 0.29) is 22.9 Å². The highest BCUT2D eigenvalue weighted by atomic mass is 32.2. The third-order valence-electron chi connectivity index (χ3n) is 6.42. The second kappa shape index (κ2) is 12.6. The van der Waals surface area contributed by atoms with E-state index in [9.17, 15) is 22.4 Å². The molecular formula is C31H38FN3O4S. The number of hydrogen-bond acceptors (Lipinski definition) is 4. The van der Waals surface area contributed by atoms with Gasteiger partial charge in [-0.3, -0.25) is 13.9 Å². The molecule has 2 amide bonds. The molecule has 7 nitrogen and oxygen atoms in total. The van der Waals surface area contributed by atoms with Crippen LogP contribution < -0.4 is 9.62 Å². The van der Waals surface area contributed by atoms with Crippen LogP contribution in [0.15, 0.2) is 83.8 Å². The summed E-state index contributed by atoms with van der Waals surface area (Å²) in [6.07, 6.45) is 0. The summed E-state index contributed by atoms with van der Waals surface area (Å²) in [7, 11) is -4.16. The van der Waals surface area contributed by atoms with Gasteiger partial charge in [-0.05, 0) is 69.5 Å². The highest BCUT2D eigenvalue weighted by Gasteiger charge is 2.33. The molecule has 0 fully saturated rings. The maximum atomic E-state index is 14.6. The van der Waals surface area contributed by atoms with Gasteiger partial charge in [0.2, 0.25) is 11.8 Å². The van der Waals surface area contributed by atoms with Gasteiger partial charge in [0, 0.05) is 17.6 Å². The molecule has 0 aliphatic carbocycles. The molecular weight excluding hydrogens is 529 g/mol. The number of nitrogens with zero attached hydrogens (tertiary/aromatic N) is 2. The van der Waals surface area contributed by atoms with E-state index < -0.39 is 45.8 Å². The van der Waals surface area contributed by atoms with E-state index in [4.69, 9.17) is 0 Å². The zero-order valence-corrected chi connectivity index (χ0v) is 24.7. The van der Waals surface area contributed by atoms with E-state index in [1.54, 1.807) is 43.3 Å². The quantitative estimate of drug-likeness (QED) is 0.352. The summed E-state index contributed by atoms with van der Waals surface area (Å²) in [4.78, 5) is 28.3. The predicted molar refractivity (Wildman–Crippen MR) is 156 cm³/mol. The van der Waals surface area contributed by atoms with Crippen molar-refractivity contribution in [3.05, 3.63) is 95.8 Å². The fourth-order valence-corrected chi connectivity index (χ4v) is 5.58. The summed E-state index contributed by atoms with van der Waals surface area (Å²) < 4.78 is 43.3. The minimum absolute atomic E-state index is 0.0231. The second-order valence-electron chi connectivity index (χ2n) is 11.1. The van der Waals surface area contributed by atoms with Crippen LogP contribution in [0.2, 0.25) is 0 Å². The van der Waals surface area contributed by atoms with Crippen molar-refractivity contribution >= 4 is 27.5 Å². The minimum Gasteiger partial charge on any atom is -0.350 e. The molecule has 0 saturated heterocycles. The van der Waals surface area contributed by atoms with E-state index >= 15 is 0 Å². The van der Waals surface area contributed by atoms with Crippen molar-refractivity contribution in [2.75, 3.05) is 10.8 Å². The van der Waals surface area contributed by atoms with Crippen LogP contribution in [0.3, 0.4) is 0 Å². The second-order valence-corrected chi connectivity index (χ2v) is 13.0. The van der Waals surface area contributed by atoms with Gasteiger partial charge >= 0.3 is 0 Å². The SMILES string of the molecule is CC(C)c1ccc(N(CC(=O)N(Cc2ccccc2F)[C@@H](C)C(=O)NC(C)(C)C)S(=O)(=O)c2ccccc2)cc1. The zero-order valence-electron chi connectivity index (χ0n) is 23.9. The molecule has 9 heteroatoms. The highest BCUT2D eigenvalue weighted by molar-refractivity contribution is 7.92. The average Bonchev–Trinajstić information content (AvgIpc) is 2.90. The topological polar surface area (TPSA) is 86.8 Å². The molecule has 1 atom stereocenters. The van der Waals surface area contributed by atoms with Crippen molar-refractivity contribution in [1.82, 2.24) is 10.2 Å². The molecule has 0 aliphatic rings. The van der Waals surface area contributed by atoms with E-state index in [2.05, 4.69) is 5.32 Å². The first kappa shape index (κ1) is 30.8. The van der Waals surface area contributed by atoms with Gasteiger partial charge in [-0.1, -0.05) is 62.4 Å². The molecule has 1 N–H and O–H groups in total. The number of sulfonamides is 1. The summed E-state index contributed by atoms with van der Waals surface area (Å²) in [6, 6.07) is 19.8. The van der Waals surface area contributed by atoms with Gasteiger partial charge in [0.15, 0.2) is 0 Å². The molecule has 40 heavy (non-hydrogen) atoms. The lowest BCUT2D eigenvalue weighted by Crippen LogP contribution is -2.54. The molecule has 214 valence electrons. The van der Waals surface area contributed by atoms with Gasteiger partial charge < -0.3 is 10.2 Å². The van der Waals surface area contributed by atoms with Crippen molar-refractivity contribution in [2.45, 2.75) is 70.5 Å². The van der Waals surface area contributed by atoms with Crippen molar-refractivity contribution in [3.63, 3.8) is 0 Å². The lowest BCUT2D eigenvalue weighted by atomic mass is 10.0. The average molecular weight is 568 g/mol. The summed E-state index contributed by atoms with van der Waals surface area (Å²) in [5, 5.41) is 2.85. The maximum Gasteiger partial charge on any atom is 0.264 e. The largest absolute Gasteiger partial charge is 0.350 e. The fraction of sp³-hybridized carbons (Fsp3) is 0.355. The zero-order chi connectivity index (χ0) is 29.7. The van der Waals surface area contributed by atoms with E-state index in [1.165, 1.54) is 35.2 Å². The summed E-state index contributed by atoms with van der Waals surface area (Å²) in [5.41, 5.74) is 0.962. The monoisotopic (exact) mass is 567 g/mol. The Balaban J connectivity index is 2.05. The van der Waals surface area contributed by atoms with E-state index in [1.807, 2.05) is 46.8 Å². The molecule has 0 bridgehead atoms. The number of carbonyl (C=O) groups is 2. The number of carbonyl (C=O) groups excluding carboxylic acids is 2. The smallest absolute Gasteiger partial charge is 0.264 e. The van der Waals surface area contributed by atoms with Gasteiger partial charge in [0.25, 0.3) is 10.0 Å². The minimum atomic E-state index is -4.16. The molecule has 0 unspecified atom stereocenters. The Hall–Kier alpha value is -3.72. The van der Waals surface area contributed by atoms with Crippen LogP contribution >= 0.6 is 0 Å². The van der Waals surface area contributed by atoms with Gasteiger partial charge in [-0.15, -0.1) is 0 Å². The number of rotatable bonds is 10.